The molecular weight excluding hydrogens is 424 g/mol. The average molecular weight is 455 g/mol. The molecule has 4 heterocycles. The Bertz CT molecular complexity index is 997. The van der Waals surface area contributed by atoms with E-state index in [1.807, 2.05) is 24.0 Å². The van der Waals surface area contributed by atoms with Gasteiger partial charge < -0.3 is 20.0 Å². The predicted octanol–water partition coefficient (Wildman–Crippen LogP) is 2.11. The second-order valence-electron chi connectivity index (χ2n) is 8.22. The number of nitrogens with zero attached hydrogens (tertiary/aromatic N) is 6. The maximum Gasteiger partial charge on any atom is 0.298 e. The standard InChI is InChI=1S/C22H30N8OS/c1-4-5-21(31)30-8-6-17(7-9-30)32-22-24-18(23-19-14-16(2)26-27-19)15-20(25-22)29-12-10-28(3)11-13-29/h14-15,17H,6-13H2,1-3H3,(H2,23,24,25,26,27). The fraction of sp³-hybridized carbons (Fsp3) is 0.545. The number of piperazine rings is 1. The molecule has 2 saturated heterocycles. The van der Waals surface area contributed by atoms with Crippen LogP contribution in [0.5, 0.6) is 0 Å². The van der Waals surface area contributed by atoms with Crippen molar-refractivity contribution in [2.75, 3.05) is 56.5 Å². The highest BCUT2D eigenvalue weighted by atomic mass is 32.2. The van der Waals surface area contributed by atoms with Gasteiger partial charge in [-0.05, 0) is 39.7 Å². The number of H-pyrrole nitrogens is 1. The first kappa shape index (κ1) is 22.4. The Morgan fingerprint density at radius 1 is 1.16 bits per heavy atom. The maximum absolute atomic E-state index is 12.0. The van der Waals surface area contributed by atoms with Crippen LogP contribution in [0.15, 0.2) is 17.3 Å². The third-order valence-corrected chi connectivity index (χ3v) is 6.92. The fourth-order valence-electron chi connectivity index (χ4n) is 3.86. The zero-order chi connectivity index (χ0) is 22.5. The minimum Gasteiger partial charge on any atom is -0.354 e. The highest BCUT2D eigenvalue weighted by Crippen LogP contribution is 2.31. The first-order valence-electron chi connectivity index (χ1n) is 11.0. The van der Waals surface area contributed by atoms with Crippen LogP contribution in [0.2, 0.25) is 0 Å². The second-order valence-corrected chi connectivity index (χ2v) is 9.48. The molecule has 2 fully saturated rings. The van der Waals surface area contributed by atoms with Crippen molar-refractivity contribution in [1.29, 1.82) is 0 Å². The number of aromatic nitrogens is 4. The van der Waals surface area contributed by atoms with Gasteiger partial charge in [0.1, 0.15) is 17.5 Å². The van der Waals surface area contributed by atoms with E-state index < -0.39 is 0 Å². The number of aromatic amines is 1. The molecule has 2 aromatic rings. The molecular formula is C22H30N8OS. The third kappa shape index (κ3) is 5.72. The van der Waals surface area contributed by atoms with Gasteiger partial charge in [0, 0.05) is 56.7 Å². The summed E-state index contributed by atoms with van der Waals surface area (Å²) in [4.78, 5) is 28.2. The Kier molecular flexibility index (Phi) is 7.17. The van der Waals surface area contributed by atoms with E-state index in [-0.39, 0.29) is 5.91 Å². The van der Waals surface area contributed by atoms with Gasteiger partial charge in [0.2, 0.25) is 0 Å². The lowest BCUT2D eigenvalue weighted by Crippen LogP contribution is -2.44. The molecule has 1 amide bonds. The summed E-state index contributed by atoms with van der Waals surface area (Å²) in [5, 5.41) is 11.7. The molecule has 170 valence electrons. The summed E-state index contributed by atoms with van der Waals surface area (Å²) in [6, 6.07) is 3.96. The van der Waals surface area contributed by atoms with Crippen molar-refractivity contribution in [3.63, 3.8) is 0 Å². The van der Waals surface area contributed by atoms with Gasteiger partial charge in [-0.25, -0.2) is 9.97 Å². The SMILES string of the molecule is CC#CC(=O)N1CCC(Sc2nc(Nc3cc(C)n[nH]3)cc(N3CCN(C)CC3)n2)CC1. The Hall–Kier alpha value is -2.77. The maximum atomic E-state index is 12.0. The summed E-state index contributed by atoms with van der Waals surface area (Å²) in [5.41, 5.74) is 0.921. The minimum atomic E-state index is -0.0781. The van der Waals surface area contributed by atoms with E-state index in [1.165, 1.54) is 0 Å². The minimum absolute atomic E-state index is 0.0781. The van der Waals surface area contributed by atoms with Crippen molar-refractivity contribution in [3.05, 3.63) is 17.8 Å². The number of aryl methyl sites for hydroxylation is 1. The summed E-state index contributed by atoms with van der Waals surface area (Å²) in [6.07, 6.45) is 1.82. The van der Waals surface area contributed by atoms with Gasteiger partial charge in [0.15, 0.2) is 5.16 Å². The Balaban J connectivity index is 1.48. The molecule has 2 aromatic heterocycles. The van der Waals surface area contributed by atoms with Gasteiger partial charge in [-0.3, -0.25) is 9.89 Å². The lowest BCUT2D eigenvalue weighted by atomic mass is 10.1. The number of hydrogen-bond acceptors (Lipinski definition) is 8. The molecule has 0 aromatic carbocycles. The lowest BCUT2D eigenvalue weighted by molar-refractivity contribution is -0.125. The zero-order valence-corrected chi connectivity index (χ0v) is 19.7. The summed E-state index contributed by atoms with van der Waals surface area (Å²) in [5.74, 6) is 7.77. The quantitative estimate of drug-likeness (QED) is 0.524. The molecule has 0 unspecified atom stereocenters. The van der Waals surface area contributed by atoms with Gasteiger partial charge in [0.25, 0.3) is 5.91 Å². The molecule has 4 rings (SSSR count). The number of hydrogen-bond donors (Lipinski definition) is 2. The van der Waals surface area contributed by atoms with E-state index in [0.29, 0.717) is 5.25 Å². The molecule has 0 aliphatic carbocycles. The highest BCUT2D eigenvalue weighted by Gasteiger charge is 2.24. The third-order valence-electron chi connectivity index (χ3n) is 5.72. The number of carbonyl (C=O) groups is 1. The van der Waals surface area contributed by atoms with Crippen LogP contribution in [-0.2, 0) is 4.79 Å². The van der Waals surface area contributed by atoms with Crippen molar-refractivity contribution in [3.8, 4) is 11.8 Å². The molecule has 0 atom stereocenters. The number of likely N-dealkylation sites (N-methyl/N-ethyl adjacent to an activating group) is 1. The van der Waals surface area contributed by atoms with Crippen LogP contribution in [0.1, 0.15) is 25.5 Å². The molecule has 0 saturated carbocycles. The van der Waals surface area contributed by atoms with E-state index in [1.54, 1.807) is 18.7 Å². The normalized spacial score (nSPS) is 17.7. The molecule has 0 bridgehead atoms. The number of anilines is 3. The van der Waals surface area contributed by atoms with Crippen molar-refractivity contribution in [2.24, 2.45) is 0 Å². The monoisotopic (exact) mass is 454 g/mol. The molecule has 10 heteroatoms. The van der Waals surface area contributed by atoms with Crippen LogP contribution in [0.4, 0.5) is 17.5 Å². The van der Waals surface area contributed by atoms with Crippen LogP contribution in [-0.4, -0.2) is 87.4 Å². The van der Waals surface area contributed by atoms with Crippen molar-refractivity contribution in [1.82, 2.24) is 30.0 Å². The van der Waals surface area contributed by atoms with Crippen LogP contribution in [0.25, 0.3) is 0 Å². The van der Waals surface area contributed by atoms with E-state index in [0.717, 1.165) is 80.4 Å². The molecule has 0 spiro atoms. The second kappa shape index (κ2) is 10.2. The van der Waals surface area contributed by atoms with Crippen molar-refractivity contribution >= 4 is 35.1 Å². The van der Waals surface area contributed by atoms with Gasteiger partial charge >= 0.3 is 0 Å². The molecule has 2 N–H and O–H groups in total. The van der Waals surface area contributed by atoms with Crippen LogP contribution in [0, 0.1) is 18.8 Å². The number of amides is 1. The summed E-state index contributed by atoms with van der Waals surface area (Å²) in [6.45, 7) is 9.01. The fourth-order valence-corrected chi connectivity index (χ4v) is 4.90. The molecule has 2 aliphatic heterocycles. The van der Waals surface area contributed by atoms with Crippen LogP contribution in [0.3, 0.4) is 0 Å². The van der Waals surface area contributed by atoms with Crippen molar-refractivity contribution in [2.45, 2.75) is 37.1 Å². The summed E-state index contributed by atoms with van der Waals surface area (Å²) < 4.78 is 0. The Labute approximate surface area is 193 Å². The molecule has 9 nitrogen and oxygen atoms in total. The average Bonchev–Trinajstić information content (AvgIpc) is 3.19. The smallest absolute Gasteiger partial charge is 0.298 e. The summed E-state index contributed by atoms with van der Waals surface area (Å²) >= 11 is 1.70. The number of nitrogens with one attached hydrogen (secondary N) is 2. The molecule has 2 aliphatic rings. The van der Waals surface area contributed by atoms with E-state index in [2.05, 4.69) is 44.2 Å². The highest BCUT2D eigenvalue weighted by molar-refractivity contribution is 7.99. The lowest BCUT2D eigenvalue weighted by Gasteiger charge is -2.33. The number of carbonyl (C=O) groups excluding carboxylic acids is 1. The Morgan fingerprint density at radius 2 is 1.91 bits per heavy atom. The first-order valence-corrected chi connectivity index (χ1v) is 11.9. The van der Waals surface area contributed by atoms with E-state index in [9.17, 15) is 4.79 Å². The van der Waals surface area contributed by atoms with Gasteiger partial charge in [0.05, 0.1) is 5.69 Å². The largest absolute Gasteiger partial charge is 0.354 e. The topological polar surface area (TPSA) is 93.3 Å². The van der Waals surface area contributed by atoms with Gasteiger partial charge in [-0.1, -0.05) is 17.7 Å². The van der Waals surface area contributed by atoms with Crippen LogP contribution < -0.4 is 10.2 Å². The predicted molar refractivity (Wildman–Crippen MR) is 127 cm³/mol. The number of thioether (sulfide) groups is 1. The Morgan fingerprint density at radius 3 is 2.56 bits per heavy atom. The number of rotatable bonds is 5. The molecule has 0 radical (unpaired) electrons. The summed E-state index contributed by atoms with van der Waals surface area (Å²) in [7, 11) is 2.15. The van der Waals surface area contributed by atoms with Crippen LogP contribution >= 0.6 is 11.8 Å². The van der Waals surface area contributed by atoms with E-state index >= 15 is 0 Å². The van der Waals surface area contributed by atoms with Gasteiger partial charge in [-0.15, -0.1) is 0 Å². The van der Waals surface area contributed by atoms with E-state index in [4.69, 9.17) is 9.97 Å². The van der Waals surface area contributed by atoms with Crippen molar-refractivity contribution < 1.29 is 4.79 Å². The number of piperidine rings is 1. The first-order chi connectivity index (χ1) is 15.5. The van der Waals surface area contributed by atoms with Gasteiger partial charge in [-0.2, -0.15) is 5.10 Å². The number of likely N-dealkylation sites (tertiary alicyclic amines) is 1. The zero-order valence-electron chi connectivity index (χ0n) is 18.9. The molecule has 32 heavy (non-hydrogen) atoms.